The molecular formula is C13H15N5O6S. The van der Waals surface area contributed by atoms with Gasteiger partial charge in [0.25, 0.3) is 0 Å². The molecule has 0 amide bonds. The van der Waals surface area contributed by atoms with Gasteiger partial charge in [0.1, 0.15) is 23.4 Å². The molecule has 0 aliphatic carbocycles. The Balaban J connectivity index is 0.000000399. The Morgan fingerprint density at radius 2 is 1.84 bits per heavy atom. The number of hydrogen-bond donors (Lipinski definition) is 4. The zero-order valence-corrected chi connectivity index (χ0v) is 14.0. The summed E-state index contributed by atoms with van der Waals surface area (Å²) >= 11 is 0. The van der Waals surface area contributed by atoms with Gasteiger partial charge in [0.2, 0.25) is 0 Å². The van der Waals surface area contributed by atoms with E-state index >= 15 is 0 Å². The number of nitrogens with zero attached hydrogens (tertiary/aromatic N) is 3. The van der Waals surface area contributed by atoms with Crippen LogP contribution in [0.25, 0.3) is 16.9 Å². The molecule has 11 nitrogen and oxygen atoms in total. The number of benzene rings is 1. The van der Waals surface area contributed by atoms with Gasteiger partial charge in [0, 0.05) is 12.7 Å². The Bertz CT molecular complexity index is 1020. The van der Waals surface area contributed by atoms with Crippen molar-refractivity contribution in [3.05, 3.63) is 41.1 Å². The first-order valence-electron chi connectivity index (χ1n) is 6.72. The van der Waals surface area contributed by atoms with Gasteiger partial charge >= 0.3 is 16.1 Å². The van der Waals surface area contributed by atoms with Gasteiger partial charge in [-0.2, -0.15) is 13.4 Å². The van der Waals surface area contributed by atoms with Crippen LogP contribution in [0.4, 0.5) is 5.82 Å². The summed E-state index contributed by atoms with van der Waals surface area (Å²) in [5, 5.41) is 2.90. The van der Waals surface area contributed by atoms with E-state index in [2.05, 4.69) is 20.3 Å². The van der Waals surface area contributed by atoms with Crippen LogP contribution in [0.5, 0.6) is 5.75 Å². The first kappa shape index (κ1) is 18.4. The number of fused-ring (bicyclic) bond motifs is 1. The molecule has 12 heteroatoms. The van der Waals surface area contributed by atoms with Gasteiger partial charge in [0.15, 0.2) is 5.65 Å². The van der Waals surface area contributed by atoms with Crippen molar-refractivity contribution in [2.24, 2.45) is 0 Å². The van der Waals surface area contributed by atoms with Crippen LogP contribution < -0.4 is 15.7 Å². The fourth-order valence-corrected chi connectivity index (χ4v) is 2.03. The van der Waals surface area contributed by atoms with Crippen LogP contribution in [-0.4, -0.2) is 51.2 Å². The number of H-pyrrole nitrogens is 1. The highest BCUT2D eigenvalue weighted by Crippen LogP contribution is 2.21. The highest BCUT2D eigenvalue weighted by Gasteiger charge is 2.11. The normalized spacial score (nSPS) is 10.9. The highest BCUT2D eigenvalue weighted by atomic mass is 32.3. The third-order valence-electron chi connectivity index (χ3n) is 3.02. The van der Waals surface area contributed by atoms with E-state index in [1.807, 2.05) is 24.3 Å². The highest BCUT2D eigenvalue weighted by molar-refractivity contribution is 7.79. The fourth-order valence-electron chi connectivity index (χ4n) is 2.03. The maximum absolute atomic E-state index is 11.6. The number of nitrogens with one attached hydrogen (secondary N) is 2. The number of rotatable bonds is 3. The zero-order chi connectivity index (χ0) is 18.6. The Kier molecular flexibility index (Phi) is 5.36. The molecule has 0 fully saturated rings. The molecule has 0 spiro atoms. The van der Waals surface area contributed by atoms with Crippen molar-refractivity contribution in [1.82, 2.24) is 19.5 Å². The standard InChI is InChI=1S/C13H13N5O2.H2O4S/c1-14-11-10-12(17-13(19)16-11)18(7-15-10)8-3-5-9(20-2)6-4-8;1-5(2,3)4/h3-7H,1-2H3,(H2,14,16,17,19);(H2,1,2,3,4). The lowest BCUT2D eigenvalue weighted by Crippen LogP contribution is -2.13. The molecule has 0 atom stereocenters. The zero-order valence-electron chi connectivity index (χ0n) is 13.2. The lowest BCUT2D eigenvalue weighted by molar-refractivity contribution is 0.381. The van der Waals surface area contributed by atoms with Crippen LogP contribution in [0.15, 0.2) is 35.4 Å². The SMILES string of the molecule is CNc1[nH]c(=O)nc2c1ncn2-c1ccc(OC)cc1.O=S(=O)(O)O. The molecule has 134 valence electrons. The minimum absolute atomic E-state index is 0.419. The molecule has 1 aromatic carbocycles. The van der Waals surface area contributed by atoms with Crippen molar-refractivity contribution in [1.29, 1.82) is 0 Å². The molecule has 2 heterocycles. The van der Waals surface area contributed by atoms with E-state index in [0.717, 1.165) is 11.4 Å². The molecule has 3 rings (SSSR count). The summed E-state index contributed by atoms with van der Waals surface area (Å²) in [6.07, 6.45) is 1.63. The van der Waals surface area contributed by atoms with Crippen molar-refractivity contribution in [3.8, 4) is 11.4 Å². The summed E-state index contributed by atoms with van der Waals surface area (Å²) in [6.45, 7) is 0. The summed E-state index contributed by atoms with van der Waals surface area (Å²) < 4.78 is 38.5. The number of methoxy groups -OCH3 is 1. The fraction of sp³-hybridized carbons (Fsp3) is 0.154. The monoisotopic (exact) mass is 369 g/mol. The minimum atomic E-state index is -4.67. The molecule has 3 aromatic rings. The van der Waals surface area contributed by atoms with Crippen LogP contribution in [0.2, 0.25) is 0 Å². The van der Waals surface area contributed by atoms with Crippen LogP contribution in [0.1, 0.15) is 0 Å². The molecule has 0 saturated carbocycles. The van der Waals surface area contributed by atoms with Gasteiger partial charge in [-0.05, 0) is 24.3 Å². The number of hydrogen-bond acceptors (Lipinski definition) is 7. The summed E-state index contributed by atoms with van der Waals surface area (Å²) in [5.41, 5.74) is 1.55. The Labute approximate surface area is 141 Å². The molecule has 0 saturated heterocycles. The van der Waals surface area contributed by atoms with Crippen LogP contribution in [0.3, 0.4) is 0 Å². The second kappa shape index (κ2) is 7.29. The van der Waals surface area contributed by atoms with E-state index in [1.165, 1.54) is 0 Å². The predicted octanol–water partition coefficient (Wildman–Crippen LogP) is 0.506. The molecule has 25 heavy (non-hydrogen) atoms. The second-order valence-corrected chi connectivity index (χ2v) is 5.50. The summed E-state index contributed by atoms with van der Waals surface area (Å²) in [6, 6.07) is 7.43. The van der Waals surface area contributed by atoms with Gasteiger partial charge in [-0.15, -0.1) is 0 Å². The van der Waals surface area contributed by atoms with Crippen molar-refractivity contribution >= 4 is 27.4 Å². The first-order valence-corrected chi connectivity index (χ1v) is 8.12. The topological polar surface area (TPSA) is 159 Å². The van der Waals surface area contributed by atoms with Crippen LogP contribution in [0, 0.1) is 0 Å². The molecule has 0 aliphatic heterocycles. The Morgan fingerprint density at radius 3 is 2.36 bits per heavy atom. The van der Waals surface area contributed by atoms with E-state index in [1.54, 1.807) is 25.1 Å². The average Bonchev–Trinajstić information content (AvgIpc) is 2.96. The lowest BCUT2D eigenvalue weighted by atomic mass is 10.3. The summed E-state index contributed by atoms with van der Waals surface area (Å²) in [7, 11) is -1.33. The summed E-state index contributed by atoms with van der Waals surface area (Å²) in [5.74, 6) is 1.31. The van der Waals surface area contributed by atoms with Crippen LogP contribution >= 0.6 is 0 Å². The summed E-state index contributed by atoms with van der Waals surface area (Å²) in [4.78, 5) is 22.5. The largest absolute Gasteiger partial charge is 0.497 e. The van der Waals surface area contributed by atoms with Crippen molar-refractivity contribution in [3.63, 3.8) is 0 Å². The molecular weight excluding hydrogens is 354 g/mol. The maximum atomic E-state index is 11.6. The second-order valence-electron chi connectivity index (χ2n) is 4.60. The van der Waals surface area contributed by atoms with Gasteiger partial charge in [-0.25, -0.2) is 9.78 Å². The number of aromatic amines is 1. The van der Waals surface area contributed by atoms with Gasteiger partial charge in [0.05, 0.1) is 7.11 Å². The van der Waals surface area contributed by atoms with E-state index in [4.69, 9.17) is 22.3 Å². The maximum Gasteiger partial charge on any atom is 0.394 e. The lowest BCUT2D eigenvalue weighted by Gasteiger charge is -2.05. The first-order chi connectivity index (χ1) is 11.7. The quantitative estimate of drug-likeness (QED) is 0.482. The number of anilines is 1. The minimum Gasteiger partial charge on any atom is -0.497 e. The molecule has 0 radical (unpaired) electrons. The number of ether oxygens (including phenoxy) is 1. The van der Waals surface area contributed by atoms with Gasteiger partial charge in [-0.3, -0.25) is 18.7 Å². The van der Waals surface area contributed by atoms with Gasteiger partial charge < -0.3 is 10.1 Å². The van der Waals surface area contributed by atoms with E-state index in [0.29, 0.717) is 17.0 Å². The van der Waals surface area contributed by atoms with Crippen molar-refractivity contribution in [2.45, 2.75) is 0 Å². The van der Waals surface area contributed by atoms with E-state index in [9.17, 15) is 4.79 Å². The Morgan fingerprint density at radius 1 is 1.24 bits per heavy atom. The van der Waals surface area contributed by atoms with E-state index in [-0.39, 0.29) is 0 Å². The van der Waals surface area contributed by atoms with Gasteiger partial charge in [-0.1, -0.05) is 0 Å². The molecule has 4 N–H and O–H groups in total. The Hall–Kier alpha value is -2.96. The molecule has 0 unspecified atom stereocenters. The third-order valence-corrected chi connectivity index (χ3v) is 3.02. The molecule has 0 bridgehead atoms. The molecule has 2 aromatic heterocycles. The smallest absolute Gasteiger partial charge is 0.394 e. The van der Waals surface area contributed by atoms with Crippen LogP contribution in [-0.2, 0) is 10.4 Å². The third kappa shape index (κ3) is 4.76. The van der Waals surface area contributed by atoms with E-state index < -0.39 is 16.1 Å². The average molecular weight is 369 g/mol. The number of aromatic nitrogens is 4. The predicted molar refractivity (Wildman–Crippen MR) is 89.8 cm³/mol. The number of imidazole rings is 1. The van der Waals surface area contributed by atoms with Crippen molar-refractivity contribution < 1.29 is 22.3 Å². The molecule has 0 aliphatic rings. The van der Waals surface area contributed by atoms with Crippen molar-refractivity contribution in [2.75, 3.05) is 19.5 Å².